The molecule has 0 atom stereocenters. The van der Waals surface area contributed by atoms with Gasteiger partial charge in [-0.15, -0.1) is 0 Å². The lowest BCUT2D eigenvalue weighted by atomic mass is 10.1. The summed E-state index contributed by atoms with van der Waals surface area (Å²) in [5.74, 6) is -0.463. The van der Waals surface area contributed by atoms with E-state index in [0.717, 1.165) is 5.56 Å². The molecule has 0 aliphatic heterocycles. The van der Waals surface area contributed by atoms with Gasteiger partial charge in [0.1, 0.15) is 0 Å². The van der Waals surface area contributed by atoms with E-state index in [1.807, 2.05) is 25.1 Å². The highest BCUT2D eigenvalue weighted by Crippen LogP contribution is 2.21. The zero-order valence-electron chi connectivity index (χ0n) is 16.3. The highest BCUT2D eigenvalue weighted by atomic mass is 16.2. The second-order valence-electron chi connectivity index (χ2n) is 6.32. The van der Waals surface area contributed by atoms with Crippen molar-refractivity contribution < 1.29 is 9.59 Å². The van der Waals surface area contributed by atoms with Crippen LogP contribution in [0, 0.1) is 0 Å². The third-order valence-electron chi connectivity index (χ3n) is 4.44. The van der Waals surface area contributed by atoms with E-state index in [0.29, 0.717) is 29.9 Å². The maximum atomic E-state index is 13.0. The second-order valence-corrected chi connectivity index (χ2v) is 6.32. The molecule has 1 aromatic carbocycles. The standard InChI is InChI=1S/C21H22N6O2/c1-3-27(13-14-7-9-24-10-8-14)21(29)16-6-4-5-15(11-16)17-12-25-19(22)18(26-17)20(28)23-2/h4-12H,3,13H2,1-2H3,(H2,22,25)(H,23,28). The van der Waals surface area contributed by atoms with Crippen LogP contribution in [0.5, 0.6) is 0 Å². The summed E-state index contributed by atoms with van der Waals surface area (Å²) in [6, 6.07) is 10.9. The summed E-state index contributed by atoms with van der Waals surface area (Å²) in [5, 5.41) is 2.49. The fourth-order valence-electron chi connectivity index (χ4n) is 2.85. The lowest BCUT2D eigenvalue weighted by Gasteiger charge is -2.21. The van der Waals surface area contributed by atoms with Crippen LogP contribution in [0.25, 0.3) is 11.3 Å². The van der Waals surface area contributed by atoms with E-state index < -0.39 is 5.91 Å². The Morgan fingerprint density at radius 1 is 1.17 bits per heavy atom. The molecule has 8 nitrogen and oxygen atoms in total. The molecule has 2 amide bonds. The first-order valence-corrected chi connectivity index (χ1v) is 9.16. The Kier molecular flexibility index (Phi) is 6.13. The number of carbonyl (C=O) groups is 2. The van der Waals surface area contributed by atoms with Gasteiger partial charge in [0.2, 0.25) is 0 Å². The van der Waals surface area contributed by atoms with Crippen molar-refractivity contribution in [3.8, 4) is 11.3 Å². The van der Waals surface area contributed by atoms with Crippen LogP contribution < -0.4 is 11.1 Å². The molecule has 0 fully saturated rings. The number of nitrogen functional groups attached to an aromatic ring is 1. The average Bonchev–Trinajstić information content (AvgIpc) is 2.77. The third-order valence-corrected chi connectivity index (χ3v) is 4.44. The first-order chi connectivity index (χ1) is 14.0. The summed E-state index contributed by atoms with van der Waals surface area (Å²) in [5.41, 5.74) is 8.47. The van der Waals surface area contributed by atoms with Gasteiger partial charge in [-0.3, -0.25) is 14.6 Å². The van der Waals surface area contributed by atoms with Crippen molar-refractivity contribution >= 4 is 17.6 Å². The molecule has 0 saturated heterocycles. The van der Waals surface area contributed by atoms with Crippen molar-refractivity contribution in [2.75, 3.05) is 19.3 Å². The fourth-order valence-corrected chi connectivity index (χ4v) is 2.85. The molecule has 3 rings (SSSR count). The average molecular weight is 390 g/mol. The van der Waals surface area contributed by atoms with Crippen molar-refractivity contribution in [2.24, 2.45) is 0 Å². The van der Waals surface area contributed by atoms with E-state index in [1.165, 1.54) is 13.2 Å². The molecule has 0 radical (unpaired) electrons. The Morgan fingerprint density at radius 2 is 1.93 bits per heavy atom. The van der Waals surface area contributed by atoms with Gasteiger partial charge in [-0.2, -0.15) is 0 Å². The molecule has 0 aliphatic rings. The van der Waals surface area contributed by atoms with Crippen molar-refractivity contribution in [1.29, 1.82) is 0 Å². The molecule has 2 aromatic heterocycles. The maximum Gasteiger partial charge on any atom is 0.273 e. The van der Waals surface area contributed by atoms with Crippen LogP contribution in [-0.4, -0.2) is 45.3 Å². The first-order valence-electron chi connectivity index (χ1n) is 9.16. The molecule has 3 aromatic rings. The number of benzene rings is 1. The summed E-state index contributed by atoms with van der Waals surface area (Å²) in [7, 11) is 1.50. The molecule has 0 saturated carbocycles. The number of hydrogen-bond donors (Lipinski definition) is 2. The number of aromatic nitrogens is 3. The van der Waals surface area contributed by atoms with E-state index >= 15 is 0 Å². The van der Waals surface area contributed by atoms with Crippen LogP contribution in [0.2, 0.25) is 0 Å². The van der Waals surface area contributed by atoms with Crippen molar-refractivity contribution in [3.63, 3.8) is 0 Å². The van der Waals surface area contributed by atoms with Crippen LogP contribution >= 0.6 is 0 Å². The van der Waals surface area contributed by atoms with Crippen LogP contribution in [0.15, 0.2) is 55.0 Å². The summed E-state index contributed by atoms with van der Waals surface area (Å²) in [6.45, 7) is 2.99. The van der Waals surface area contributed by atoms with Gasteiger partial charge in [0.25, 0.3) is 11.8 Å². The number of pyridine rings is 1. The molecule has 3 N–H and O–H groups in total. The van der Waals surface area contributed by atoms with Gasteiger partial charge in [0.05, 0.1) is 11.9 Å². The zero-order valence-corrected chi connectivity index (χ0v) is 16.3. The summed E-state index contributed by atoms with van der Waals surface area (Å²) >= 11 is 0. The normalized spacial score (nSPS) is 10.4. The highest BCUT2D eigenvalue weighted by Gasteiger charge is 2.17. The zero-order chi connectivity index (χ0) is 20.8. The molecule has 0 spiro atoms. The van der Waals surface area contributed by atoms with Gasteiger partial charge in [-0.05, 0) is 36.8 Å². The van der Waals surface area contributed by atoms with Crippen LogP contribution in [0.4, 0.5) is 5.82 Å². The van der Waals surface area contributed by atoms with Gasteiger partial charge in [0.15, 0.2) is 11.5 Å². The van der Waals surface area contributed by atoms with Crippen molar-refractivity contribution in [1.82, 2.24) is 25.2 Å². The predicted octanol–water partition coefficient (Wildman–Crippen LogP) is 2.14. The Balaban J connectivity index is 1.89. The number of rotatable bonds is 6. The van der Waals surface area contributed by atoms with Crippen LogP contribution in [0.1, 0.15) is 33.3 Å². The number of hydrogen-bond acceptors (Lipinski definition) is 6. The van der Waals surface area contributed by atoms with Gasteiger partial charge in [0, 0.05) is 43.7 Å². The Bertz CT molecular complexity index is 1020. The predicted molar refractivity (Wildman–Crippen MR) is 110 cm³/mol. The minimum atomic E-state index is -0.418. The number of nitrogens with zero attached hydrogens (tertiary/aromatic N) is 4. The summed E-state index contributed by atoms with van der Waals surface area (Å²) < 4.78 is 0. The van der Waals surface area contributed by atoms with E-state index in [2.05, 4.69) is 20.3 Å². The number of amides is 2. The molecule has 29 heavy (non-hydrogen) atoms. The highest BCUT2D eigenvalue weighted by molar-refractivity contribution is 5.97. The van der Waals surface area contributed by atoms with E-state index in [9.17, 15) is 9.59 Å². The lowest BCUT2D eigenvalue weighted by Crippen LogP contribution is -2.30. The van der Waals surface area contributed by atoms with Gasteiger partial charge in [-0.25, -0.2) is 9.97 Å². The molecule has 2 heterocycles. The topological polar surface area (TPSA) is 114 Å². The van der Waals surface area contributed by atoms with Crippen molar-refractivity contribution in [3.05, 3.63) is 71.8 Å². The maximum absolute atomic E-state index is 13.0. The van der Waals surface area contributed by atoms with E-state index in [4.69, 9.17) is 5.73 Å². The monoisotopic (exact) mass is 390 g/mol. The fraction of sp³-hybridized carbons (Fsp3) is 0.190. The van der Waals surface area contributed by atoms with E-state index in [-0.39, 0.29) is 17.4 Å². The Labute approximate surface area is 168 Å². The van der Waals surface area contributed by atoms with Crippen molar-refractivity contribution in [2.45, 2.75) is 13.5 Å². The molecule has 148 valence electrons. The summed E-state index contributed by atoms with van der Waals surface area (Å²) in [4.78, 5) is 39.1. The van der Waals surface area contributed by atoms with Gasteiger partial charge in [-0.1, -0.05) is 12.1 Å². The van der Waals surface area contributed by atoms with E-state index in [1.54, 1.807) is 35.5 Å². The first kappa shape index (κ1) is 19.9. The smallest absolute Gasteiger partial charge is 0.273 e. The largest absolute Gasteiger partial charge is 0.382 e. The lowest BCUT2D eigenvalue weighted by molar-refractivity contribution is 0.0752. The SMILES string of the molecule is CCN(Cc1ccncc1)C(=O)c1cccc(-c2cnc(N)c(C(=O)NC)n2)c1. The Hall–Kier alpha value is -3.81. The number of nitrogens with two attached hydrogens (primary N) is 1. The number of carbonyl (C=O) groups excluding carboxylic acids is 2. The number of nitrogens with one attached hydrogen (secondary N) is 1. The molecule has 0 aliphatic carbocycles. The molecular formula is C21H22N6O2. The quantitative estimate of drug-likeness (QED) is 0.666. The number of anilines is 1. The van der Waals surface area contributed by atoms with Gasteiger partial charge >= 0.3 is 0 Å². The molecular weight excluding hydrogens is 368 g/mol. The molecule has 8 heteroatoms. The summed E-state index contributed by atoms with van der Waals surface area (Å²) in [6.07, 6.45) is 4.90. The minimum Gasteiger partial charge on any atom is -0.382 e. The van der Waals surface area contributed by atoms with Gasteiger partial charge < -0.3 is 16.0 Å². The molecule has 0 bridgehead atoms. The Morgan fingerprint density at radius 3 is 2.62 bits per heavy atom. The third kappa shape index (κ3) is 4.55. The minimum absolute atomic E-state index is 0.0506. The molecule has 0 unspecified atom stereocenters. The second kappa shape index (κ2) is 8.92. The van der Waals surface area contributed by atoms with Crippen LogP contribution in [-0.2, 0) is 6.54 Å². The van der Waals surface area contributed by atoms with Crippen LogP contribution in [0.3, 0.4) is 0 Å².